The molecule has 0 radical (unpaired) electrons. The van der Waals surface area contributed by atoms with Crippen molar-refractivity contribution in [3.8, 4) is 0 Å². The number of nitrogens with one attached hydrogen (secondary N) is 3. The van der Waals surface area contributed by atoms with Gasteiger partial charge in [0.05, 0.1) is 18.6 Å². The highest BCUT2D eigenvalue weighted by molar-refractivity contribution is 14.0. The molecule has 0 unspecified atom stereocenters. The number of halogens is 1. The summed E-state index contributed by atoms with van der Waals surface area (Å²) in [6, 6.07) is 0. The van der Waals surface area contributed by atoms with Crippen LogP contribution in [0.5, 0.6) is 0 Å². The maximum absolute atomic E-state index is 12.1. The van der Waals surface area contributed by atoms with Crippen LogP contribution in [0.4, 0.5) is 0 Å². The molecule has 8 heteroatoms. The molecule has 0 aromatic carbocycles. The van der Waals surface area contributed by atoms with Crippen molar-refractivity contribution in [2.75, 3.05) is 53.0 Å². The normalized spacial score (nSPS) is 16.8. The number of carbonyl (C=O) groups is 1. The van der Waals surface area contributed by atoms with E-state index in [0.29, 0.717) is 19.0 Å². The molecule has 7 nitrogen and oxygen atoms in total. The van der Waals surface area contributed by atoms with Gasteiger partial charge in [0.15, 0.2) is 5.96 Å². The van der Waals surface area contributed by atoms with Gasteiger partial charge in [0.1, 0.15) is 0 Å². The highest BCUT2D eigenvalue weighted by Crippen LogP contribution is 2.15. The van der Waals surface area contributed by atoms with Gasteiger partial charge in [-0.05, 0) is 34.6 Å². The van der Waals surface area contributed by atoms with Gasteiger partial charge in [0.25, 0.3) is 0 Å². The first-order valence-corrected chi connectivity index (χ1v) is 8.78. The summed E-state index contributed by atoms with van der Waals surface area (Å²) in [6.07, 6.45) is 0. The van der Waals surface area contributed by atoms with Gasteiger partial charge in [0.2, 0.25) is 5.91 Å². The lowest BCUT2D eigenvalue weighted by Gasteiger charge is -2.41. The third-order valence-electron chi connectivity index (χ3n) is 4.43. The van der Waals surface area contributed by atoms with Crippen molar-refractivity contribution in [2.24, 2.45) is 10.4 Å². The zero-order valence-corrected chi connectivity index (χ0v) is 18.9. The number of ether oxygens (including phenoxy) is 1. The van der Waals surface area contributed by atoms with Gasteiger partial charge >= 0.3 is 0 Å². The van der Waals surface area contributed by atoms with Crippen molar-refractivity contribution in [3.63, 3.8) is 0 Å². The third kappa shape index (κ3) is 8.08. The van der Waals surface area contributed by atoms with Crippen molar-refractivity contribution in [3.05, 3.63) is 0 Å². The van der Waals surface area contributed by atoms with E-state index in [1.807, 2.05) is 20.8 Å². The van der Waals surface area contributed by atoms with Crippen LogP contribution in [0, 0.1) is 5.41 Å². The molecule has 1 aliphatic rings. The van der Waals surface area contributed by atoms with Crippen molar-refractivity contribution in [1.82, 2.24) is 20.9 Å². The summed E-state index contributed by atoms with van der Waals surface area (Å²) >= 11 is 0. The molecule has 1 amide bonds. The Labute approximate surface area is 169 Å². The number of hydrogen-bond acceptors (Lipinski definition) is 4. The van der Waals surface area contributed by atoms with Gasteiger partial charge in [-0.25, -0.2) is 0 Å². The Balaban J connectivity index is 0.00000576. The van der Waals surface area contributed by atoms with Crippen LogP contribution >= 0.6 is 24.0 Å². The molecule has 1 aliphatic heterocycles. The van der Waals surface area contributed by atoms with E-state index in [2.05, 4.69) is 39.7 Å². The van der Waals surface area contributed by atoms with Crippen LogP contribution in [-0.4, -0.2) is 75.3 Å². The van der Waals surface area contributed by atoms with Crippen LogP contribution in [0.15, 0.2) is 4.99 Å². The van der Waals surface area contributed by atoms with E-state index in [0.717, 1.165) is 32.8 Å². The van der Waals surface area contributed by atoms with Gasteiger partial charge in [-0.2, -0.15) is 0 Å². The number of guanidine groups is 1. The summed E-state index contributed by atoms with van der Waals surface area (Å²) < 4.78 is 5.42. The first-order chi connectivity index (χ1) is 11.2. The number of rotatable bonds is 7. The van der Waals surface area contributed by atoms with Crippen molar-refractivity contribution in [2.45, 2.75) is 40.2 Å². The number of hydrogen-bond donors (Lipinski definition) is 3. The first kappa shape index (κ1) is 24.4. The molecule has 0 aliphatic carbocycles. The van der Waals surface area contributed by atoms with Crippen LogP contribution in [0.1, 0.15) is 34.6 Å². The molecule has 1 rings (SSSR count). The molecule has 0 saturated carbocycles. The molecule has 0 spiro atoms. The fourth-order valence-corrected chi connectivity index (χ4v) is 2.59. The maximum atomic E-state index is 12.1. The number of nitrogens with zero attached hydrogens (tertiary/aromatic N) is 2. The van der Waals surface area contributed by atoms with Crippen LogP contribution < -0.4 is 16.0 Å². The number of aliphatic imine (C=N–C) groups is 1. The van der Waals surface area contributed by atoms with Crippen molar-refractivity contribution in [1.29, 1.82) is 0 Å². The highest BCUT2D eigenvalue weighted by atomic mass is 127. The minimum Gasteiger partial charge on any atom is -0.379 e. The summed E-state index contributed by atoms with van der Waals surface area (Å²) in [4.78, 5) is 18.7. The molecule has 0 aromatic rings. The van der Waals surface area contributed by atoms with E-state index in [-0.39, 0.29) is 35.4 Å². The number of carbonyl (C=O) groups excluding carboxylic acids is 1. The van der Waals surface area contributed by atoms with Crippen LogP contribution in [0.25, 0.3) is 0 Å². The van der Waals surface area contributed by atoms with E-state index in [9.17, 15) is 4.79 Å². The lowest BCUT2D eigenvalue weighted by molar-refractivity contribution is -0.128. The van der Waals surface area contributed by atoms with Crippen LogP contribution in [-0.2, 0) is 9.53 Å². The highest BCUT2D eigenvalue weighted by Gasteiger charge is 2.29. The molecule has 3 N–H and O–H groups in total. The first-order valence-electron chi connectivity index (χ1n) is 8.78. The quantitative estimate of drug-likeness (QED) is 0.295. The summed E-state index contributed by atoms with van der Waals surface area (Å²) in [5.41, 5.74) is -0.482. The second-order valence-corrected chi connectivity index (χ2v) is 7.43. The standard InChI is InChI=1S/C17H35N5O2.HI/c1-7-19-14(23)16(2,3)12-20-15(18-6)21-13-17(4,5)22-8-10-24-11-9-22;/h7-13H2,1-6H3,(H,19,23)(H2,18,20,21);1H. The monoisotopic (exact) mass is 469 g/mol. The Morgan fingerprint density at radius 3 is 2.16 bits per heavy atom. The predicted octanol–water partition coefficient (Wildman–Crippen LogP) is 1.04. The van der Waals surface area contributed by atoms with E-state index in [4.69, 9.17) is 4.74 Å². The second kappa shape index (κ2) is 11.2. The molecule has 0 bridgehead atoms. The molecule has 148 valence electrons. The SMILES string of the molecule is CCNC(=O)C(C)(C)CNC(=NC)NCC(C)(C)N1CCOCC1.I. The minimum atomic E-state index is -0.493. The maximum Gasteiger partial charge on any atom is 0.227 e. The Morgan fingerprint density at radius 1 is 1.08 bits per heavy atom. The molecule has 1 saturated heterocycles. The summed E-state index contributed by atoms with van der Waals surface area (Å²) in [7, 11) is 1.75. The third-order valence-corrected chi connectivity index (χ3v) is 4.43. The smallest absolute Gasteiger partial charge is 0.227 e. The van der Waals surface area contributed by atoms with E-state index in [1.54, 1.807) is 7.05 Å². The van der Waals surface area contributed by atoms with Crippen LogP contribution in [0.2, 0.25) is 0 Å². The zero-order chi connectivity index (χ0) is 18.2. The zero-order valence-electron chi connectivity index (χ0n) is 16.6. The molecule has 25 heavy (non-hydrogen) atoms. The Bertz CT molecular complexity index is 435. The fraction of sp³-hybridized carbons (Fsp3) is 0.882. The molecule has 0 atom stereocenters. The predicted molar refractivity (Wildman–Crippen MR) is 114 cm³/mol. The van der Waals surface area contributed by atoms with Gasteiger partial charge in [-0.1, -0.05) is 0 Å². The molecule has 0 aromatic heterocycles. The summed E-state index contributed by atoms with van der Waals surface area (Å²) in [5, 5.41) is 9.50. The molecule has 1 heterocycles. The van der Waals surface area contributed by atoms with Crippen LogP contribution in [0.3, 0.4) is 0 Å². The lowest BCUT2D eigenvalue weighted by Crippen LogP contribution is -2.57. The average molecular weight is 469 g/mol. The van der Waals surface area contributed by atoms with Gasteiger partial charge < -0.3 is 20.7 Å². The average Bonchev–Trinajstić information content (AvgIpc) is 2.56. The van der Waals surface area contributed by atoms with E-state index < -0.39 is 5.41 Å². The number of morpholine rings is 1. The minimum absolute atomic E-state index is 0. The largest absolute Gasteiger partial charge is 0.379 e. The number of amides is 1. The van der Waals surface area contributed by atoms with Gasteiger partial charge in [-0.3, -0.25) is 14.7 Å². The van der Waals surface area contributed by atoms with Crippen molar-refractivity contribution >= 4 is 35.8 Å². The van der Waals surface area contributed by atoms with Crippen molar-refractivity contribution < 1.29 is 9.53 Å². The van der Waals surface area contributed by atoms with E-state index in [1.165, 1.54) is 0 Å². The second-order valence-electron chi connectivity index (χ2n) is 7.43. The molecule has 1 fully saturated rings. The van der Waals surface area contributed by atoms with Gasteiger partial charge in [0, 0.05) is 45.3 Å². The lowest BCUT2D eigenvalue weighted by atomic mass is 9.92. The summed E-state index contributed by atoms with van der Waals surface area (Å²) in [6.45, 7) is 15.6. The summed E-state index contributed by atoms with van der Waals surface area (Å²) in [5.74, 6) is 0.760. The Kier molecular flexibility index (Phi) is 10.9. The Hall–Kier alpha value is -0.610. The Morgan fingerprint density at radius 2 is 1.64 bits per heavy atom. The van der Waals surface area contributed by atoms with Gasteiger partial charge in [-0.15, -0.1) is 24.0 Å². The molecular formula is C17H36IN5O2. The fourth-order valence-electron chi connectivity index (χ4n) is 2.59. The van der Waals surface area contributed by atoms with E-state index >= 15 is 0 Å². The topological polar surface area (TPSA) is 78.0 Å². The molecular weight excluding hydrogens is 433 g/mol.